The Labute approximate surface area is 179 Å². The van der Waals surface area contributed by atoms with E-state index in [1.54, 1.807) is 23.1 Å². The van der Waals surface area contributed by atoms with Gasteiger partial charge in [0.25, 0.3) is 5.56 Å². The van der Waals surface area contributed by atoms with Crippen molar-refractivity contribution >= 4 is 44.7 Å². The maximum Gasteiger partial charge on any atom is 0.260 e. The number of hydrogen-bond acceptors (Lipinski definition) is 7. The van der Waals surface area contributed by atoms with E-state index in [1.165, 1.54) is 37.0 Å². The van der Waals surface area contributed by atoms with Crippen LogP contribution in [0.4, 0.5) is 0 Å². The summed E-state index contributed by atoms with van der Waals surface area (Å²) in [7, 11) is 0. The predicted octanol–water partition coefficient (Wildman–Crippen LogP) is 5.37. The Bertz CT molecular complexity index is 1250. The average Bonchev–Trinajstić information content (AvgIpc) is 3.59. The number of thiophene rings is 2. The van der Waals surface area contributed by atoms with Crippen molar-refractivity contribution in [3.63, 3.8) is 0 Å². The van der Waals surface area contributed by atoms with Crippen LogP contribution < -0.4 is 5.56 Å². The fraction of sp³-hybridized carbons (Fsp3) is 0.400. The van der Waals surface area contributed by atoms with Gasteiger partial charge < -0.3 is 9.55 Å². The number of hydrogen-bond donors (Lipinski definition) is 1. The summed E-state index contributed by atoms with van der Waals surface area (Å²) in [6, 6.07) is 4.60. The first-order valence-corrected chi connectivity index (χ1v) is 12.5. The van der Waals surface area contributed by atoms with Crippen molar-refractivity contribution in [3.8, 4) is 10.4 Å². The van der Waals surface area contributed by atoms with Crippen molar-refractivity contribution < 1.29 is 0 Å². The molecular weight excluding hydrogens is 422 g/mol. The van der Waals surface area contributed by atoms with Crippen LogP contribution in [0.15, 0.2) is 32.8 Å². The Morgan fingerprint density at radius 2 is 2.10 bits per heavy atom. The molecule has 0 radical (unpaired) electrons. The highest BCUT2D eigenvalue weighted by Gasteiger charge is 2.36. The summed E-state index contributed by atoms with van der Waals surface area (Å²) < 4.78 is 2.34. The summed E-state index contributed by atoms with van der Waals surface area (Å²) >= 11 is 4.81. The molecule has 6 rings (SSSR count). The number of H-pyrrole nitrogens is 1. The van der Waals surface area contributed by atoms with Crippen LogP contribution in [-0.2, 0) is 0 Å². The molecule has 0 aliphatic heterocycles. The number of nitrogens with zero attached hydrogens (tertiary/aromatic N) is 4. The molecule has 0 unspecified atom stereocenters. The molecule has 2 fully saturated rings. The minimum absolute atomic E-state index is 0.00635. The zero-order valence-corrected chi connectivity index (χ0v) is 18.2. The lowest BCUT2D eigenvalue weighted by Crippen LogP contribution is -2.12. The molecule has 4 aromatic rings. The average molecular weight is 442 g/mol. The van der Waals surface area contributed by atoms with E-state index in [-0.39, 0.29) is 10.8 Å². The van der Waals surface area contributed by atoms with Gasteiger partial charge in [-0.05, 0) is 44.1 Å². The highest BCUT2D eigenvalue weighted by atomic mass is 32.2. The lowest BCUT2D eigenvalue weighted by Gasteiger charge is -2.12. The molecule has 4 heterocycles. The lowest BCUT2D eigenvalue weighted by atomic mass is 10.2. The Balaban J connectivity index is 1.34. The lowest BCUT2D eigenvalue weighted by molar-refractivity contribution is 0.625. The van der Waals surface area contributed by atoms with Gasteiger partial charge >= 0.3 is 0 Å². The molecule has 2 aliphatic carbocycles. The highest BCUT2D eigenvalue weighted by Crippen LogP contribution is 2.47. The van der Waals surface area contributed by atoms with Crippen molar-refractivity contribution in [2.75, 3.05) is 0 Å². The van der Waals surface area contributed by atoms with Crippen LogP contribution in [0.5, 0.6) is 0 Å². The topological polar surface area (TPSA) is 76.5 Å². The minimum atomic E-state index is -0.0653. The Morgan fingerprint density at radius 1 is 1.24 bits per heavy atom. The van der Waals surface area contributed by atoms with Crippen LogP contribution in [0.25, 0.3) is 20.7 Å². The number of aromatic nitrogens is 5. The molecule has 1 N–H and O–H groups in total. The van der Waals surface area contributed by atoms with Crippen LogP contribution in [0.3, 0.4) is 0 Å². The molecule has 0 saturated heterocycles. The second-order valence-electron chi connectivity index (χ2n) is 7.73. The van der Waals surface area contributed by atoms with Crippen molar-refractivity contribution in [2.45, 2.75) is 55.0 Å². The van der Waals surface area contributed by atoms with Crippen molar-refractivity contribution in [1.29, 1.82) is 0 Å². The molecule has 148 valence electrons. The van der Waals surface area contributed by atoms with E-state index in [4.69, 9.17) is 4.98 Å². The van der Waals surface area contributed by atoms with Crippen LogP contribution in [0, 0.1) is 0 Å². The fourth-order valence-electron chi connectivity index (χ4n) is 3.65. The van der Waals surface area contributed by atoms with Gasteiger partial charge in [-0.3, -0.25) is 4.79 Å². The third-order valence-corrected chi connectivity index (χ3v) is 8.30. The first-order valence-electron chi connectivity index (χ1n) is 9.86. The molecule has 2 saturated carbocycles. The minimum Gasteiger partial charge on any atom is -0.309 e. The first-order chi connectivity index (χ1) is 14.2. The molecule has 4 aromatic heterocycles. The van der Waals surface area contributed by atoms with Gasteiger partial charge in [-0.2, -0.15) is 0 Å². The van der Waals surface area contributed by atoms with Crippen LogP contribution in [0.2, 0.25) is 0 Å². The molecule has 0 bridgehead atoms. The zero-order valence-electron chi connectivity index (χ0n) is 15.8. The second-order valence-corrected chi connectivity index (χ2v) is 10.8. The molecule has 0 spiro atoms. The fourth-order valence-corrected chi connectivity index (χ4v) is 6.40. The normalized spacial score (nSPS) is 17.8. The summed E-state index contributed by atoms with van der Waals surface area (Å²) in [6.07, 6.45) is 4.87. The maximum atomic E-state index is 12.9. The number of fused-ring (bicyclic) bond motifs is 1. The quantitative estimate of drug-likeness (QED) is 0.407. The van der Waals surface area contributed by atoms with E-state index < -0.39 is 0 Å². The van der Waals surface area contributed by atoms with Crippen LogP contribution in [0.1, 0.15) is 61.5 Å². The standard InChI is InChI=1S/C20H19N5OS3/c1-10(29-20-24-23-17(11-4-5-11)25(20)12-6-7-12)16-21-18(26)15-13(9-28-19(15)22-16)14-3-2-8-27-14/h2-3,8-12H,4-7H2,1H3,(H,21,22,26)/t10-/m0/s1. The van der Waals surface area contributed by atoms with E-state index in [2.05, 4.69) is 26.7 Å². The molecule has 0 amide bonds. The second kappa shape index (κ2) is 6.78. The number of aromatic amines is 1. The SMILES string of the molecule is C[C@H](Sc1nnc(C2CC2)n1C1CC1)c1nc2scc(-c3cccs3)c2c(=O)[nH]1. The van der Waals surface area contributed by atoms with Gasteiger partial charge in [-0.25, -0.2) is 4.98 Å². The van der Waals surface area contributed by atoms with Gasteiger partial charge in [0.05, 0.1) is 10.6 Å². The molecule has 9 heteroatoms. The molecular formula is C20H19N5OS3. The van der Waals surface area contributed by atoms with E-state index in [0.29, 0.717) is 23.2 Å². The first kappa shape index (κ1) is 17.9. The zero-order chi connectivity index (χ0) is 19.5. The summed E-state index contributed by atoms with van der Waals surface area (Å²) in [5.41, 5.74) is 0.910. The largest absolute Gasteiger partial charge is 0.309 e. The van der Waals surface area contributed by atoms with E-state index >= 15 is 0 Å². The molecule has 2 aliphatic rings. The Hall–Kier alpha value is -1.97. The smallest absolute Gasteiger partial charge is 0.260 e. The van der Waals surface area contributed by atoms with Crippen molar-refractivity contribution in [1.82, 2.24) is 24.7 Å². The molecule has 1 atom stereocenters. The summed E-state index contributed by atoms with van der Waals surface area (Å²) in [6.45, 7) is 2.07. The summed E-state index contributed by atoms with van der Waals surface area (Å²) in [5, 5.41) is 14.7. The Kier molecular flexibility index (Phi) is 4.18. The van der Waals surface area contributed by atoms with Gasteiger partial charge in [0.15, 0.2) is 5.16 Å². The third kappa shape index (κ3) is 3.15. The van der Waals surface area contributed by atoms with Crippen molar-refractivity contribution in [2.24, 2.45) is 0 Å². The highest BCUT2D eigenvalue weighted by molar-refractivity contribution is 7.99. The van der Waals surface area contributed by atoms with Gasteiger partial charge in [0, 0.05) is 27.8 Å². The number of nitrogens with one attached hydrogen (secondary N) is 1. The van der Waals surface area contributed by atoms with Gasteiger partial charge in [-0.15, -0.1) is 32.9 Å². The molecule has 0 aromatic carbocycles. The monoisotopic (exact) mass is 441 g/mol. The summed E-state index contributed by atoms with van der Waals surface area (Å²) in [4.78, 5) is 22.6. The van der Waals surface area contributed by atoms with Gasteiger partial charge in [0.1, 0.15) is 16.5 Å². The van der Waals surface area contributed by atoms with Crippen LogP contribution >= 0.6 is 34.4 Å². The van der Waals surface area contributed by atoms with Gasteiger partial charge in [0.2, 0.25) is 0 Å². The molecule has 6 nitrogen and oxygen atoms in total. The van der Waals surface area contributed by atoms with Crippen molar-refractivity contribution in [3.05, 3.63) is 44.9 Å². The van der Waals surface area contributed by atoms with E-state index in [1.807, 2.05) is 22.9 Å². The molecule has 29 heavy (non-hydrogen) atoms. The number of rotatable bonds is 6. The van der Waals surface area contributed by atoms with E-state index in [9.17, 15) is 4.79 Å². The van der Waals surface area contributed by atoms with Gasteiger partial charge in [-0.1, -0.05) is 17.8 Å². The summed E-state index contributed by atoms with van der Waals surface area (Å²) in [5.74, 6) is 2.44. The third-order valence-electron chi connectivity index (χ3n) is 5.46. The van der Waals surface area contributed by atoms with E-state index in [0.717, 1.165) is 26.3 Å². The predicted molar refractivity (Wildman–Crippen MR) is 118 cm³/mol. The Morgan fingerprint density at radius 3 is 2.83 bits per heavy atom. The number of thioether (sulfide) groups is 1. The maximum absolute atomic E-state index is 12.9. The van der Waals surface area contributed by atoms with Crippen LogP contribution in [-0.4, -0.2) is 24.7 Å².